The second-order valence-electron chi connectivity index (χ2n) is 10.9. The van der Waals surface area contributed by atoms with Gasteiger partial charge in [-0.2, -0.15) is 5.26 Å². The van der Waals surface area contributed by atoms with Gasteiger partial charge >= 0.3 is 6.09 Å². The Hall–Kier alpha value is -4.33. The highest BCUT2D eigenvalue weighted by Gasteiger charge is 2.30. The van der Waals surface area contributed by atoms with Gasteiger partial charge in [-0.1, -0.05) is 36.4 Å². The average molecular weight is 599 g/mol. The zero-order chi connectivity index (χ0) is 29.9. The molecule has 0 radical (unpaired) electrons. The van der Waals surface area contributed by atoms with E-state index in [-0.39, 0.29) is 17.6 Å². The molecule has 3 amide bonds. The Labute approximate surface area is 252 Å². The molecule has 5 rings (SSSR count). The van der Waals surface area contributed by atoms with Crippen molar-refractivity contribution < 1.29 is 19.1 Å². The number of thioether (sulfide) groups is 1. The van der Waals surface area contributed by atoms with Crippen LogP contribution in [0.5, 0.6) is 0 Å². The highest BCUT2D eigenvalue weighted by atomic mass is 32.2. The number of ether oxygens (including phenoxy) is 1. The Bertz CT molecular complexity index is 1720. The van der Waals surface area contributed by atoms with Crippen molar-refractivity contribution in [2.75, 3.05) is 22.9 Å². The highest BCUT2D eigenvalue weighted by molar-refractivity contribution is 8.00. The molecule has 214 valence electrons. The summed E-state index contributed by atoms with van der Waals surface area (Å²) in [6, 6.07) is 23.0. The number of carbonyl (C=O) groups is 3. The molecule has 1 aromatic heterocycles. The van der Waals surface area contributed by atoms with Crippen LogP contribution in [-0.4, -0.2) is 40.7 Å². The molecule has 2 N–H and O–H groups in total. The number of rotatable bonds is 6. The Balaban J connectivity index is 1.19. The Morgan fingerprint density at radius 1 is 1.02 bits per heavy atom. The third kappa shape index (κ3) is 6.93. The standard InChI is InChI=1S/C32H30N4O4S2/c1-32(2,3)40-31(39)36-14-13-25-26(17-33)30(42-27(25)18-36)35-28(37)19-41-24-10-6-9-23(16-24)34-29(38)22-12-11-20-7-4-5-8-21(20)15-22/h4-12,15-16H,13-14,18-19H2,1-3H3,(H,34,38)(H,35,37). The summed E-state index contributed by atoms with van der Waals surface area (Å²) in [6.45, 7) is 6.26. The summed E-state index contributed by atoms with van der Waals surface area (Å²) in [6.07, 6.45) is 0.133. The van der Waals surface area contributed by atoms with Crippen molar-refractivity contribution in [3.05, 3.63) is 88.3 Å². The molecule has 3 aromatic carbocycles. The molecule has 0 unspecified atom stereocenters. The molecule has 0 fully saturated rings. The van der Waals surface area contributed by atoms with Gasteiger partial charge in [0, 0.05) is 27.6 Å². The van der Waals surface area contributed by atoms with Crippen LogP contribution in [-0.2, 0) is 22.5 Å². The van der Waals surface area contributed by atoms with Gasteiger partial charge in [0.25, 0.3) is 5.91 Å². The maximum atomic E-state index is 12.9. The lowest BCUT2D eigenvalue weighted by Crippen LogP contribution is -2.39. The quantitative estimate of drug-likeness (QED) is 0.230. The minimum Gasteiger partial charge on any atom is -0.444 e. The van der Waals surface area contributed by atoms with Gasteiger partial charge in [0.05, 0.1) is 17.9 Å². The summed E-state index contributed by atoms with van der Waals surface area (Å²) in [5.41, 5.74) is 1.93. The van der Waals surface area contributed by atoms with Crippen LogP contribution in [0.3, 0.4) is 0 Å². The number of nitrogens with zero attached hydrogens (tertiary/aromatic N) is 2. The van der Waals surface area contributed by atoms with Crippen LogP contribution in [0, 0.1) is 11.3 Å². The van der Waals surface area contributed by atoms with Crippen molar-refractivity contribution in [3.8, 4) is 6.07 Å². The van der Waals surface area contributed by atoms with Crippen LogP contribution in [0.2, 0.25) is 0 Å². The van der Waals surface area contributed by atoms with Crippen LogP contribution in [0.1, 0.15) is 47.1 Å². The average Bonchev–Trinajstić information content (AvgIpc) is 3.31. The molecule has 10 heteroatoms. The van der Waals surface area contributed by atoms with Crippen LogP contribution in [0.4, 0.5) is 15.5 Å². The number of nitrogens with one attached hydrogen (secondary N) is 2. The third-order valence-corrected chi connectivity index (χ3v) is 8.67. The number of anilines is 2. The van der Waals surface area contributed by atoms with E-state index in [4.69, 9.17) is 4.74 Å². The summed E-state index contributed by atoms with van der Waals surface area (Å²) in [4.78, 5) is 41.6. The minimum absolute atomic E-state index is 0.125. The van der Waals surface area contributed by atoms with Crippen molar-refractivity contribution in [1.29, 1.82) is 5.26 Å². The number of hydrogen-bond donors (Lipinski definition) is 2. The molecule has 0 saturated heterocycles. The lowest BCUT2D eigenvalue weighted by molar-refractivity contribution is -0.113. The number of carbonyl (C=O) groups excluding carboxylic acids is 3. The monoisotopic (exact) mass is 598 g/mol. The molecule has 0 aliphatic carbocycles. The van der Waals surface area contributed by atoms with Crippen molar-refractivity contribution in [1.82, 2.24) is 4.90 Å². The fourth-order valence-corrected chi connectivity index (χ4v) is 6.59. The number of thiophene rings is 1. The lowest BCUT2D eigenvalue weighted by Gasteiger charge is -2.29. The van der Waals surface area contributed by atoms with Crippen molar-refractivity contribution >= 4 is 62.5 Å². The van der Waals surface area contributed by atoms with Crippen molar-refractivity contribution in [2.45, 2.75) is 44.2 Å². The largest absolute Gasteiger partial charge is 0.444 e. The van der Waals surface area contributed by atoms with E-state index in [2.05, 4.69) is 16.7 Å². The van der Waals surface area contributed by atoms with Gasteiger partial charge in [0.2, 0.25) is 5.91 Å². The van der Waals surface area contributed by atoms with E-state index in [1.54, 1.807) is 17.0 Å². The summed E-state index contributed by atoms with van der Waals surface area (Å²) in [5, 5.41) is 18.2. The second kappa shape index (κ2) is 12.3. The lowest BCUT2D eigenvalue weighted by atomic mass is 10.0. The molecule has 0 atom stereocenters. The van der Waals surface area contributed by atoms with Crippen molar-refractivity contribution in [3.63, 3.8) is 0 Å². The van der Waals surface area contributed by atoms with E-state index >= 15 is 0 Å². The molecular weight excluding hydrogens is 569 g/mol. The van der Waals surface area contributed by atoms with Gasteiger partial charge in [-0.25, -0.2) is 4.79 Å². The van der Waals surface area contributed by atoms with Crippen LogP contribution >= 0.6 is 23.1 Å². The highest BCUT2D eigenvalue weighted by Crippen LogP contribution is 2.37. The zero-order valence-corrected chi connectivity index (χ0v) is 25.2. The summed E-state index contributed by atoms with van der Waals surface area (Å²) >= 11 is 2.66. The molecule has 42 heavy (non-hydrogen) atoms. The number of benzene rings is 3. The SMILES string of the molecule is CC(C)(C)OC(=O)N1CCc2c(sc(NC(=O)CSc3cccc(NC(=O)c4ccc5ccccc5c4)c3)c2C#N)C1. The van der Waals surface area contributed by atoms with Gasteiger partial charge in [0.1, 0.15) is 16.7 Å². The fourth-order valence-electron chi connectivity index (χ4n) is 4.60. The number of fused-ring (bicyclic) bond motifs is 2. The molecule has 0 saturated carbocycles. The molecule has 1 aliphatic rings. The maximum absolute atomic E-state index is 12.9. The Morgan fingerprint density at radius 3 is 2.57 bits per heavy atom. The van der Waals surface area contributed by atoms with E-state index in [0.717, 1.165) is 26.1 Å². The van der Waals surface area contributed by atoms with Crippen LogP contribution < -0.4 is 10.6 Å². The number of amides is 3. The van der Waals surface area contributed by atoms with E-state index in [1.807, 2.05) is 75.4 Å². The molecule has 8 nitrogen and oxygen atoms in total. The van der Waals surface area contributed by atoms with Crippen molar-refractivity contribution in [2.24, 2.45) is 0 Å². The van der Waals surface area contributed by atoms with E-state index in [9.17, 15) is 19.6 Å². The minimum atomic E-state index is -0.593. The first kappa shape index (κ1) is 29.2. The number of nitriles is 1. The van der Waals surface area contributed by atoms with Gasteiger partial charge < -0.3 is 20.3 Å². The summed E-state index contributed by atoms with van der Waals surface area (Å²) in [5.74, 6) is -0.333. The van der Waals surface area contributed by atoms with Crippen LogP contribution in [0.25, 0.3) is 10.8 Å². The zero-order valence-electron chi connectivity index (χ0n) is 23.5. The first-order valence-electron chi connectivity index (χ1n) is 13.4. The molecular formula is C32H30N4O4S2. The normalized spacial score (nSPS) is 12.8. The molecule has 1 aliphatic heterocycles. The van der Waals surface area contributed by atoms with Gasteiger partial charge in [-0.05, 0) is 73.9 Å². The predicted molar refractivity (Wildman–Crippen MR) is 167 cm³/mol. The third-order valence-electron chi connectivity index (χ3n) is 6.55. The first-order chi connectivity index (χ1) is 20.1. The predicted octanol–water partition coefficient (Wildman–Crippen LogP) is 7.05. The summed E-state index contributed by atoms with van der Waals surface area (Å²) in [7, 11) is 0. The molecule has 4 aromatic rings. The van der Waals surface area contributed by atoms with Gasteiger partial charge in [0.15, 0.2) is 0 Å². The fraction of sp³-hybridized carbons (Fsp3) is 0.250. The van der Waals surface area contributed by atoms with Gasteiger partial charge in [-0.3, -0.25) is 9.59 Å². The molecule has 0 bridgehead atoms. The Morgan fingerprint density at radius 2 is 1.81 bits per heavy atom. The summed E-state index contributed by atoms with van der Waals surface area (Å²) < 4.78 is 5.49. The topological polar surface area (TPSA) is 112 Å². The maximum Gasteiger partial charge on any atom is 0.410 e. The van der Waals surface area contributed by atoms with E-state index < -0.39 is 11.7 Å². The van der Waals surface area contributed by atoms with E-state index in [0.29, 0.717) is 41.3 Å². The molecule has 0 spiro atoms. The second-order valence-corrected chi connectivity index (χ2v) is 13.0. The van der Waals surface area contributed by atoms with E-state index in [1.165, 1.54) is 23.1 Å². The van der Waals surface area contributed by atoms with Crippen LogP contribution in [0.15, 0.2) is 71.6 Å². The first-order valence-corrected chi connectivity index (χ1v) is 15.3. The van der Waals surface area contributed by atoms with Gasteiger partial charge in [-0.15, -0.1) is 23.1 Å². The smallest absolute Gasteiger partial charge is 0.410 e. The Kier molecular flexibility index (Phi) is 8.52. The molecule has 2 heterocycles. The number of hydrogen-bond acceptors (Lipinski definition) is 7.